The van der Waals surface area contributed by atoms with Crippen molar-refractivity contribution in [1.29, 1.82) is 0 Å². The molecule has 1 amide bonds. The number of nitrogens with zero attached hydrogens (tertiary/aromatic N) is 1. The maximum absolute atomic E-state index is 12.8. The minimum Gasteiger partial charge on any atom is -0.361 e. The number of carbonyl (C=O) groups is 1. The normalized spacial score (nSPS) is 11.9. The molecule has 150 valence electrons. The second-order valence-electron chi connectivity index (χ2n) is 6.85. The number of nitro groups is 1. The van der Waals surface area contributed by atoms with E-state index in [0.717, 1.165) is 22.0 Å². The number of nitrogens with one attached hydrogen (secondary N) is 2. The summed E-state index contributed by atoms with van der Waals surface area (Å²) in [5.74, 6) is -0.735. The number of para-hydroxylation sites is 2. The third-order valence-electron chi connectivity index (χ3n) is 5.09. The quantitative estimate of drug-likeness (QED) is 0.328. The molecular weight excluding hydrogens is 402 g/mol. The molecule has 0 bridgehead atoms. The third kappa shape index (κ3) is 3.77. The van der Waals surface area contributed by atoms with Crippen LogP contribution in [0.4, 0.5) is 5.69 Å². The summed E-state index contributed by atoms with van der Waals surface area (Å²) < 4.78 is 0. The fraction of sp³-hybridized carbons (Fsp3) is 0.0870. The molecule has 4 rings (SSSR count). The molecule has 1 aromatic heterocycles. The number of hydrogen-bond donors (Lipinski definition) is 2. The minimum atomic E-state index is -0.555. The number of rotatable bonds is 6. The molecule has 0 saturated heterocycles. The number of hydrogen-bond acceptors (Lipinski definition) is 3. The Hall–Kier alpha value is -3.64. The van der Waals surface area contributed by atoms with Gasteiger partial charge in [-0.3, -0.25) is 14.9 Å². The highest BCUT2D eigenvalue weighted by atomic mass is 35.5. The van der Waals surface area contributed by atoms with Crippen LogP contribution in [-0.4, -0.2) is 22.4 Å². The summed E-state index contributed by atoms with van der Waals surface area (Å²) in [4.78, 5) is 26.7. The molecule has 2 N–H and O–H groups in total. The Bertz CT molecular complexity index is 1240. The van der Waals surface area contributed by atoms with E-state index in [1.807, 2.05) is 54.7 Å². The van der Waals surface area contributed by atoms with Crippen molar-refractivity contribution >= 4 is 34.1 Å². The molecule has 0 saturated carbocycles. The summed E-state index contributed by atoms with van der Waals surface area (Å²) >= 11 is 6.47. The van der Waals surface area contributed by atoms with E-state index in [2.05, 4.69) is 10.3 Å². The van der Waals surface area contributed by atoms with Gasteiger partial charge in [0.05, 0.1) is 4.92 Å². The molecule has 0 spiro atoms. The predicted octanol–water partition coefficient (Wildman–Crippen LogP) is 5.29. The highest BCUT2D eigenvalue weighted by Crippen LogP contribution is 2.34. The molecule has 7 heteroatoms. The number of aromatic nitrogens is 1. The Balaban J connectivity index is 1.69. The molecule has 1 unspecified atom stereocenters. The molecule has 4 aromatic rings. The number of H-pyrrole nitrogens is 1. The SMILES string of the molecule is O=C(NCC(c1ccccc1Cl)c1c[nH]c2ccccc12)c1ccccc1[N+](=O)[O-]. The van der Waals surface area contributed by atoms with Gasteiger partial charge in [-0.05, 0) is 29.3 Å². The number of amides is 1. The van der Waals surface area contributed by atoms with Crippen molar-refractivity contribution in [3.63, 3.8) is 0 Å². The van der Waals surface area contributed by atoms with Gasteiger partial charge in [0.1, 0.15) is 5.56 Å². The van der Waals surface area contributed by atoms with Crippen LogP contribution >= 0.6 is 11.6 Å². The predicted molar refractivity (Wildman–Crippen MR) is 117 cm³/mol. The van der Waals surface area contributed by atoms with E-state index in [0.29, 0.717) is 5.02 Å². The first-order valence-corrected chi connectivity index (χ1v) is 9.76. The Kier molecular flexibility index (Phi) is 5.50. The van der Waals surface area contributed by atoms with Crippen molar-refractivity contribution in [2.75, 3.05) is 6.54 Å². The molecule has 1 heterocycles. The molecule has 6 nitrogen and oxygen atoms in total. The molecule has 3 aromatic carbocycles. The smallest absolute Gasteiger partial charge is 0.282 e. The molecule has 0 fully saturated rings. The van der Waals surface area contributed by atoms with Gasteiger partial charge in [0.25, 0.3) is 11.6 Å². The number of aromatic amines is 1. The van der Waals surface area contributed by atoms with E-state index in [4.69, 9.17) is 11.6 Å². The first kappa shape index (κ1) is 19.7. The van der Waals surface area contributed by atoms with Gasteiger partial charge in [0.2, 0.25) is 0 Å². The number of carbonyl (C=O) groups excluding carboxylic acids is 1. The molecule has 0 aliphatic carbocycles. The summed E-state index contributed by atoms with van der Waals surface area (Å²) in [5.41, 5.74) is 2.64. The lowest BCUT2D eigenvalue weighted by Gasteiger charge is -2.19. The van der Waals surface area contributed by atoms with Crippen LogP contribution in [-0.2, 0) is 0 Å². The van der Waals surface area contributed by atoms with Crippen molar-refractivity contribution in [3.05, 3.63) is 111 Å². The lowest BCUT2D eigenvalue weighted by molar-refractivity contribution is -0.385. The van der Waals surface area contributed by atoms with Crippen LogP contribution in [0.1, 0.15) is 27.4 Å². The van der Waals surface area contributed by atoms with Crippen LogP contribution < -0.4 is 5.32 Å². The number of benzene rings is 3. The highest BCUT2D eigenvalue weighted by Gasteiger charge is 2.24. The van der Waals surface area contributed by atoms with E-state index >= 15 is 0 Å². The van der Waals surface area contributed by atoms with Gasteiger partial charge in [0, 0.05) is 40.7 Å². The highest BCUT2D eigenvalue weighted by molar-refractivity contribution is 6.31. The number of fused-ring (bicyclic) bond motifs is 1. The van der Waals surface area contributed by atoms with E-state index in [-0.39, 0.29) is 23.7 Å². The van der Waals surface area contributed by atoms with E-state index < -0.39 is 10.8 Å². The van der Waals surface area contributed by atoms with Crippen LogP contribution in [0.25, 0.3) is 10.9 Å². The molecule has 30 heavy (non-hydrogen) atoms. The van der Waals surface area contributed by atoms with Crippen molar-refractivity contribution in [3.8, 4) is 0 Å². The number of nitro benzene ring substituents is 1. The topological polar surface area (TPSA) is 88.0 Å². The van der Waals surface area contributed by atoms with Gasteiger partial charge in [-0.2, -0.15) is 0 Å². The zero-order valence-electron chi connectivity index (χ0n) is 15.8. The average Bonchev–Trinajstić information content (AvgIpc) is 3.19. The zero-order chi connectivity index (χ0) is 21.1. The van der Waals surface area contributed by atoms with Crippen molar-refractivity contribution < 1.29 is 9.72 Å². The monoisotopic (exact) mass is 419 g/mol. The summed E-state index contributed by atoms with van der Waals surface area (Å²) in [7, 11) is 0. The van der Waals surface area contributed by atoms with Gasteiger partial charge >= 0.3 is 0 Å². The van der Waals surface area contributed by atoms with Crippen LogP contribution in [0.2, 0.25) is 5.02 Å². The maximum atomic E-state index is 12.8. The Morgan fingerprint density at radius 3 is 2.50 bits per heavy atom. The van der Waals surface area contributed by atoms with Gasteiger partial charge in [-0.25, -0.2) is 0 Å². The van der Waals surface area contributed by atoms with Crippen molar-refractivity contribution in [2.24, 2.45) is 0 Å². The lowest BCUT2D eigenvalue weighted by Crippen LogP contribution is -2.29. The first-order chi connectivity index (χ1) is 14.6. The maximum Gasteiger partial charge on any atom is 0.282 e. The Morgan fingerprint density at radius 1 is 1.00 bits per heavy atom. The average molecular weight is 420 g/mol. The second kappa shape index (κ2) is 8.39. The van der Waals surface area contributed by atoms with Crippen molar-refractivity contribution in [1.82, 2.24) is 10.3 Å². The van der Waals surface area contributed by atoms with E-state index in [9.17, 15) is 14.9 Å². The molecule has 0 aliphatic heterocycles. The van der Waals surface area contributed by atoms with Gasteiger partial charge in [-0.15, -0.1) is 0 Å². The van der Waals surface area contributed by atoms with Crippen LogP contribution in [0.5, 0.6) is 0 Å². The van der Waals surface area contributed by atoms with Gasteiger partial charge in [0.15, 0.2) is 0 Å². The van der Waals surface area contributed by atoms with E-state index in [1.54, 1.807) is 6.07 Å². The Morgan fingerprint density at radius 2 is 1.70 bits per heavy atom. The molecule has 1 atom stereocenters. The van der Waals surface area contributed by atoms with Crippen molar-refractivity contribution in [2.45, 2.75) is 5.92 Å². The van der Waals surface area contributed by atoms with Crippen LogP contribution in [0.3, 0.4) is 0 Å². The first-order valence-electron chi connectivity index (χ1n) is 9.38. The largest absolute Gasteiger partial charge is 0.361 e. The lowest BCUT2D eigenvalue weighted by atomic mass is 9.90. The molecule has 0 aliphatic rings. The molecular formula is C23H18ClN3O3. The van der Waals surface area contributed by atoms with Crippen LogP contribution in [0.15, 0.2) is 79.0 Å². The van der Waals surface area contributed by atoms with Crippen LogP contribution in [0, 0.1) is 10.1 Å². The standard InChI is InChI=1S/C23H18ClN3O3/c24-20-10-4-1-7-15(20)18(19-13-25-21-11-5-2-8-16(19)21)14-26-23(28)17-9-3-6-12-22(17)27(29)30/h1-13,18,25H,14H2,(H,26,28). The third-order valence-corrected chi connectivity index (χ3v) is 5.43. The van der Waals surface area contributed by atoms with E-state index in [1.165, 1.54) is 18.2 Å². The summed E-state index contributed by atoms with van der Waals surface area (Å²) in [6.07, 6.45) is 1.91. The zero-order valence-corrected chi connectivity index (χ0v) is 16.6. The molecule has 0 radical (unpaired) electrons. The minimum absolute atomic E-state index is 0.0272. The number of halogens is 1. The summed E-state index contributed by atoms with van der Waals surface area (Å²) in [6.45, 7) is 0.233. The van der Waals surface area contributed by atoms with Gasteiger partial charge in [-0.1, -0.05) is 60.1 Å². The fourth-order valence-corrected chi connectivity index (χ4v) is 3.91. The second-order valence-corrected chi connectivity index (χ2v) is 7.26. The Labute approximate surface area is 177 Å². The fourth-order valence-electron chi connectivity index (χ4n) is 3.64. The summed E-state index contributed by atoms with van der Waals surface area (Å²) in [6, 6.07) is 21.3. The van der Waals surface area contributed by atoms with Gasteiger partial charge < -0.3 is 10.3 Å². The summed E-state index contributed by atoms with van der Waals surface area (Å²) in [5, 5.41) is 15.7.